The number of hydrogen-bond acceptors (Lipinski definition) is 1. The van der Waals surface area contributed by atoms with Gasteiger partial charge in [-0.2, -0.15) is 0 Å². The predicted molar refractivity (Wildman–Crippen MR) is 116 cm³/mol. The van der Waals surface area contributed by atoms with Crippen LogP contribution in [0.4, 0.5) is 0 Å². The van der Waals surface area contributed by atoms with Crippen LogP contribution in [0.2, 0.25) is 0 Å². The molecule has 3 rings (SSSR count). The summed E-state index contributed by atoms with van der Waals surface area (Å²) in [5.41, 5.74) is 1.14. The van der Waals surface area contributed by atoms with Gasteiger partial charge in [0.1, 0.15) is 0 Å². The normalized spacial score (nSPS) is 15.8. The second kappa shape index (κ2) is 9.02. The highest BCUT2D eigenvalue weighted by Gasteiger charge is 2.43. The van der Waals surface area contributed by atoms with E-state index in [2.05, 4.69) is 82.6 Å². The standard InChI is InChI=1S/C24H27NOP/c1-18(2)25(19(3)4)24(26)22-16-11-17-23(22)27(20-12-7-5-8-13-20)21-14-9-6-10-15-21/h5-19H,1-4H3. The van der Waals surface area contributed by atoms with Crippen molar-refractivity contribution in [3.05, 3.63) is 91.5 Å². The molecule has 0 heterocycles. The fraction of sp³-hybridized carbons (Fsp3) is 0.250. The largest absolute Gasteiger partial charge is 0.337 e. The van der Waals surface area contributed by atoms with E-state index >= 15 is 0 Å². The molecule has 2 aromatic rings. The topological polar surface area (TPSA) is 20.3 Å². The summed E-state index contributed by atoms with van der Waals surface area (Å²) in [6.07, 6.45) is 6.12. The van der Waals surface area contributed by atoms with E-state index in [1.807, 2.05) is 29.9 Å². The van der Waals surface area contributed by atoms with Crippen LogP contribution in [0.3, 0.4) is 0 Å². The molecule has 1 aliphatic rings. The van der Waals surface area contributed by atoms with Crippen LogP contribution in [0.5, 0.6) is 0 Å². The Balaban J connectivity index is 1.98. The molecule has 0 atom stereocenters. The van der Waals surface area contributed by atoms with Crippen molar-refractivity contribution in [2.75, 3.05) is 0 Å². The molecule has 5 radical (unpaired) electrons. The van der Waals surface area contributed by atoms with Crippen LogP contribution < -0.4 is 10.6 Å². The molecule has 0 saturated heterocycles. The van der Waals surface area contributed by atoms with Crippen molar-refractivity contribution in [3.63, 3.8) is 0 Å². The molecule has 3 heteroatoms. The molecule has 139 valence electrons. The number of carbonyl (C=O) groups excluding carboxylic acids is 1. The highest BCUT2D eigenvalue weighted by molar-refractivity contribution is 7.76. The highest BCUT2D eigenvalue weighted by Crippen LogP contribution is 2.56. The van der Waals surface area contributed by atoms with Crippen molar-refractivity contribution in [2.24, 2.45) is 0 Å². The number of nitrogens with zero attached hydrogens (tertiary/aromatic N) is 1. The summed E-state index contributed by atoms with van der Waals surface area (Å²) in [5.74, 6) is 0.954. The second-order valence-corrected chi connectivity index (χ2v) is 9.42. The molecule has 0 N–H and O–H groups in total. The summed E-state index contributed by atoms with van der Waals surface area (Å²) in [4.78, 5) is 15.4. The zero-order valence-electron chi connectivity index (χ0n) is 16.5. The van der Waals surface area contributed by atoms with Crippen LogP contribution in [0.15, 0.2) is 60.7 Å². The first-order valence-electron chi connectivity index (χ1n) is 9.49. The van der Waals surface area contributed by atoms with Gasteiger partial charge in [-0.1, -0.05) is 60.7 Å². The van der Waals surface area contributed by atoms with Gasteiger partial charge in [-0.25, -0.2) is 0 Å². The first-order chi connectivity index (χ1) is 13.0. The van der Waals surface area contributed by atoms with Gasteiger partial charge in [-0.3, -0.25) is 4.79 Å². The number of rotatable bonds is 6. The molecule has 0 unspecified atom stereocenters. The minimum Gasteiger partial charge on any atom is -0.337 e. The molecular weight excluding hydrogens is 349 g/mol. The van der Waals surface area contributed by atoms with E-state index in [9.17, 15) is 4.79 Å². The SMILES string of the molecule is CC(C)N(C(=O)[C]1[CH][CH][CH][C]1P(c1ccccc1)c1ccccc1)C(C)C. The van der Waals surface area contributed by atoms with Crippen molar-refractivity contribution in [1.29, 1.82) is 0 Å². The van der Waals surface area contributed by atoms with Gasteiger partial charge in [0, 0.05) is 17.7 Å². The summed E-state index contributed by atoms with van der Waals surface area (Å²) >= 11 is 0. The van der Waals surface area contributed by atoms with Gasteiger partial charge in [0.15, 0.2) is 0 Å². The van der Waals surface area contributed by atoms with Crippen molar-refractivity contribution in [3.8, 4) is 0 Å². The van der Waals surface area contributed by atoms with Crippen LogP contribution in [-0.4, -0.2) is 22.9 Å². The van der Waals surface area contributed by atoms with Crippen molar-refractivity contribution in [1.82, 2.24) is 4.90 Å². The molecule has 27 heavy (non-hydrogen) atoms. The minimum absolute atomic E-state index is 0.124. The van der Waals surface area contributed by atoms with Crippen molar-refractivity contribution >= 4 is 24.4 Å². The lowest BCUT2D eigenvalue weighted by Crippen LogP contribution is -2.45. The second-order valence-electron chi connectivity index (χ2n) is 7.23. The van der Waals surface area contributed by atoms with Crippen molar-refractivity contribution < 1.29 is 4.79 Å². The van der Waals surface area contributed by atoms with E-state index in [0.717, 1.165) is 11.6 Å². The van der Waals surface area contributed by atoms with E-state index in [1.165, 1.54) is 10.6 Å². The summed E-state index contributed by atoms with van der Waals surface area (Å²) in [7, 11) is -0.773. The summed E-state index contributed by atoms with van der Waals surface area (Å²) < 4.78 is 0. The van der Waals surface area contributed by atoms with Crippen molar-refractivity contribution in [2.45, 2.75) is 39.8 Å². The number of benzene rings is 2. The van der Waals surface area contributed by atoms with E-state index in [4.69, 9.17) is 0 Å². The Kier molecular flexibility index (Phi) is 6.71. The third kappa shape index (κ3) is 4.43. The fourth-order valence-electron chi connectivity index (χ4n) is 3.57. The van der Waals surface area contributed by atoms with Gasteiger partial charge in [0.25, 0.3) is 0 Å². The number of amides is 1. The first kappa shape index (κ1) is 20.1. The Morgan fingerprint density at radius 3 is 1.70 bits per heavy atom. The molecule has 1 amide bonds. The highest BCUT2D eigenvalue weighted by atomic mass is 31.1. The van der Waals surface area contributed by atoms with Crippen LogP contribution >= 0.6 is 7.92 Å². The van der Waals surface area contributed by atoms with Gasteiger partial charge in [0.05, 0.1) is 5.92 Å². The Hall–Kier alpha value is -1.66. The molecule has 1 saturated carbocycles. The summed E-state index contributed by atoms with van der Waals surface area (Å²) in [5, 5.41) is 2.53. The van der Waals surface area contributed by atoms with Crippen LogP contribution in [0.1, 0.15) is 27.7 Å². The maximum Gasteiger partial charge on any atom is 0.231 e. The minimum atomic E-state index is -0.773. The van der Waals surface area contributed by atoms with Gasteiger partial charge in [-0.05, 0) is 65.5 Å². The Labute approximate surface area is 165 Å². The molecule has 0 bridgehead atoms. The predicted octanol–water partition coefficient (Wildman–Crippen LogP) is 4.50. The fourth-order valence-corrected chi connectivity index (χ4v) is 6.01. The van der Waals surface area contributed by atoms with E-state index in [1.54, 1.807) is 0 Å². The summed E-state index contributed by atoms with van der Waals surface area (Å²) in [6.45, 7) is 8.32. The van der Waals surface area contributed by atoms with Crippen LogP contribution in [0, 0.1) is 30.8 Å². The van der Waals surface area contributed by atoms with Gasteiger partial charge in [-0.15, -0.1) is 0 Å². The Bertz CT molecular complexity index is 681. The summed E-state index contributed by atoms with van der Waals surface area (Å²) in [6, 6.07) is 21.4. The van der Waals surface area contributed by atoms with Crippen LogP contribution in [-0.2, 0) is 4.79 Å². The van der Waals surface area contributed by atoms with Gasteiger partial charge >= 0.3 is 0 Å². The lowest BCUT2D eigenvalue weighted by atomic mass is 10.0. The monoisotopic (exact) mass is 376 g/mol. The Morgan fingerprint density at radius 2 is 1.26 bits per heavy atom. The lowest BCUT2D eigenvalue weighted by molar-refractivity contribution is -0.131. The maximum absolute atomic E-state index is 13.4. The first-order valence-corrected chi connectivity index (χ1v) is 10.8. The van der Waals surface area contributed by atoms with Gasteiger partial charge in [0.2, 0.25) is 5.91 Å². The van der Waals surface area contributed by atoms with Gasteiger partial charge < -0.3 is 4.90 Å². The number of carbonyl (C=O) groups is 1. The lowest BCUT2D eigenvalue weighted by Gasteiger charge is -2.36. The molecule has 1 fully saturated rings. The smallest absolute Gasteiger partial charge is 0.231 e. The molecule has 1 aliphatic carbocycles. The molecule has 0 spiro atoms. The zero-order valence-corrected chi connectivity index (χ0v) is 17.4. The number of hydrogen-bond donors (Lipinski definition) is 0. The quantitative estimate of drug-likeness (QED) is 0.680. The molecular formula is C24H27NOP. The Morgan fingerprint density at radius 1 is 0.778 bits per heavy atom. The third-order valence-corrected chi connectivity index (χ3v) is 7.14. The molecule has 0 aromatic heterocycles. The zero-order chi connectivity index (χ0) is 19.4. The average molecular weight is 376 g/mol. The third-order valence-electron chi connectivity index (χ3n) is 4.64. The van der Waals surface area contributed by atoms with E-state index in [0.29, 0.717) is 0 Å². The molecule has 0 aliphatic heterocycles. The van der Waals surface area contributed by atoms with Crippen LogP contribution in [0.25, 0.3) is 0 Å². The van der Waals surface area contributed by atoms with E-state index < -0.39 is 7.92 Å². The average Bonchev–Trinajstić information content (AvgIpc) is 3.12. The maximum atomic E-state index is 13.4. The van der Waals surface area contributed by atoms with E-state index in [-0.39, 0.29) is 18.0 Å². The molecule has 2 aromatic carbocycles. The molecule has 2 nitrogen and oxygen atoms in total.